The SMILES string of the molecule is O=S(=O)(CCCCO)Nc1ccncc1Br. The Balaban J connectivity index is 2.63. The molecule has 0 saturated carbocycles. The summed E-state index contributed by atoms with van der Waals surface area (Å²) in [6.07, 6.45) is 3.95. The van der Waals surface area contributed by atoms with Gasteiger partial charge in [0.2, 0.25) is 10.0 Å². The summed E-state index contributed by atoms with van der Waals surface area (Å²) >= 11 is 3.20. The van der Waals surface area contributed by atoms with Crippen molar-refractivity contribution in [1.82, 2.24) is 4.98 Å². The normalized spacial score (nSPS) is 11.4. The highest BCUT2D eigenvalue weighted by molar-refractivity contribution is 9.10. The number of aromatic nitrogens is 1. The maximum atomic E-state index is 11.6. The van der Waals surface area contributed by atoms with Crippen LogP contribution in [0.25, 0.3) is 0 Å². The second-order valence-electron chi connectivity index (χ2n) is 3.21. The van der Waals surface area contributed by atoms with Gasteiger partial charge in [-0.1, -0.05) is 0 Å². The first-order chi connectivity index (χ1) is 7.55. The molecule has 0 aliphatic rings. The number of rotatable bonds is 6. The van der Waals surface area contributed by atoms with Crippen LogP contribution in [0, 0.1) is 0 Å². The average molecular weight is 309 g/mol. The van der Waals surface area contributed by atoms with E-state index in [0.29, 0.717) is 23.0 Å². The lowest BCUT2D eigenvalue weighted by Gasteiger charge is -2.08. The summed E-state index contributed by atoms with van der Waals surface area (Å²) in [5, 5.41) is 8.57. The number of hydrogen-bond acceptors (Lipinski definition) is 4. The third kappa shape index (κ3) is 4.46. The van der Waals surface area contributed by atoms with Crippen LogP contribution in [-0.4, -0.2) is 30.9 Å². The Morgan fingerprint density at radius 1 is 1.44 bits per heavy atom. The molecule has 0 fully saturated rings. The number of aliphatic hydroxyl groups is 1. The Bertz CT molecular complexity index is 436. The van der Waals surface area contributed by atoms with E-state index >= 15 is 0 Å². The molecule has 0 aliphatic carbocycles. The molecule has 0 atom stereocenters. The summed E-state index contributed by atoms with van der Waals surface area (Å²) < 4.78 is 26.2. The Labute approximate surface area is 103 Å². The Kier molecular flexibility index (Phi) is 5.17. The summed E-state index contributed by atoms with van der Waals surface area (Å²) in [5.41, 5.74) is 0.471. The molecule has 1 aromatic heterocycles. The zero-order valence-electron chi connectivity index (χ0n) is 8.56. The van der Waals surface area contributed by atoms with E-state index in [2.05, 4.69) is 25.6 Å². The number of sulfonamides is 1. The molecule has 0 spiro atoms. The van der Waals surface area contributed by atoms with E-state index in [0.717, 1.165) is 0 Å². The summed E-state index contributed by atoms with van der Waals surface area (Å²) in [6.45, 7) is 0.00840. The van der Waals surface area contributed by atoms with Crippen LogP contribution in [0.5, 0.6) is 0 Å². The predicted octanol–water partition coefficient (Wildman–Crippen LogP) is 1.36. The first-order valence-corrected chi connectivity index (χ1v) is 7.20. The van der Waals surface area contributed by atoms with Gasteiger partial charge in [-0.05, 0) is 34.8 Å². The molecule has 1 heterocycles. The highest BCUT2D eigenvalue weighted by Gasteiger charge is 2.11. The molecule has 0 aromatic carbocycles. The van der Waals surface area contributed by atoms with Gasteiger partial charge < -0.3 is 5.11 Å². The van der Waals surface area contributed by atoms with Crippen LogP contribution in [0.3, 0.4) is 0 Å². The molecule has 90 valence electrons. The van der Waals surface area contributed by atoms with Crippen molar-refractivity contribution >= 4 is 31.6 Å². The minimum atomic E-state index is -3.35. The third-order valence-electron chi connectivity index (χ3n) is 1.86. The van der Waals surface area contributed by atoms with Crippen LogP contribution >= 0.6 is 15.9 Å². The highest BCUT2D eigenvalue weighted by Crippen LogP contribution is 2.21. The topological polar surface area (TPSA) is 79.3 Å². The smallest absolute Gasteiger partial charge is 0.232 e. The van der Waals surface area contributed by atoms with Crippen molar-refractivity contribution < 1.29 is 13.5 Å². The van der Waals surface area contributed by atoms with Gasteiger partial charge in [0.05, 0.1) is 15.9 Å². The van der Waals surface area contributed by atoms with E-state index in [9.17, 15) is 8.42 Å². The summed E-state index contributed by atoms with van der Waals surface area (Å²) in [6, 6.07) is 1.58. The van der Waals surface area contributed by atoms with Gasteiger partial charge in [0.15, 0.2) is 0 Å². The van der Waals surface area contributed by atoms with Crippen molar-refractivity contribution in [1.29, 1.82) is 0 Å². The van der Waals surface area contributed by atoms with Crippen LogP contribution in [0.4, 0.5) is 5.69 Å². The summed E-state index contributed by atoms with van der Waals surface area (Å²) in [5.74, 6) is 0.00230. The zero-order chi connectivity index (χ0) is 12.0. The van der Waals surface area contributed by atoms with Crippen LogP contribution in [0.1, 0.15) is 12.8 Å². The first-order valence-electron chi connectivity index (χ1n) is 4.76. The molecule has 0 saturated heterocycles. The van der Waals surface area contributed by atoms with Crippen LogP contribution in [0.2, 0.25) is 0 Å². The summed E-state index contributed by atoms with van der Waals surface area (Å²) in [4.78, 5) is 3.84. The fraction of sp³-hybridized carbons (Fsp3) is 0.444. The predicted molar refractivity (Wildman–Crippen MR) is 65.7 cm³/mol. The average Bonchev–Trinajstić information content (AvgIpc) is 2.21. The number of unbranched alkanes of at least 4 members (excludes halogenated alkanes) is 1. The molecule has 0 radical (unpaired) electrons. The summed E-state index contributed by atoms with van der Waals surface area (Å²) in [7, 11) is -3.35. The third-order valence-corrected chi connectivity index (χ3v) is 3.85. The fourth-order valence-electron chi connectivity index (χ4n) is 1.08. The van der Waals surface area contributed by atoms with Crippen molar-refractivity contribution in [3.63, 3.8) is 0 Å². The van der Waals surface area contributed by atoms with Gasteiger partial charge in [0.1, 0.15) is 0 Å². The Morgan fingerprint density at radius 3 is 2.81 bits per heavy atom. The molecular formula is C9H13BrN2O3S. The number of halogens is 1. The monoisotopic (exact) mass is 308 g/mol. The number of hydrogen-bond donors (Lipinski definition) is 2. The van der Waals surface area contributed by atoms with Gasteiger partial charge in [0, 0.05) is 19.0 Å². The number of nitrogens with one attached hydrogen (secondary N) is 1. The fourth-order valence-corrected chi connectivity index (χ4v) is 2.76. The lowest BCUT2D eigenvalue weighted by molar-refractivity contribution is 0.287. The maximum Gasteiger partial charge on any atom is 0.232 e. The molecule has 1 rings (SSSR count). The molecule has 7 heteroatoms. The van der Waals surface area contributed by atoms with E-state index in [1.54, 1.807) is 6.07 Å². The molecule has 2 N–H and O–H groups in total. The second kappa shape index (κ2) is 6.17. The lowest BCUT2D eigenvalue weighted by atomic mass is 10.4. The number of pyridine rings is 1. The van der Waals surface area contributed by atoms with Gasteiger partial charge in [-0.3, -0.25) is 9.71 Å². The number of aliphatic hydroxyl groups excluding tert-OH is 1. The minimum absolute atomic E-state index is 0.00230. The zero-order valence-corrected chi connectivity index (χ0v) is 11.0. The van der Waals surface area contributed by atoms with E-state index in [-0.39, 0.29) is 12.4 Å². The van der Waals surface area contributed by atoms with Crippen LogP contribution < -0.4 is 4.72 Å². The van der Waals surface area contributed by atoms with Gasteiger partial charge in [-0.15, -0.1) is 0 Å². The highest BCUT2D eigenvalue weighted by atomic mass is 79.9. The van der Waals surface area contributed by atoms with Crippen molar-refractivity contribution in [3.8, 4) is 0 Å². The largest absolute Gasteiger partial charge is 0.396 e. The first kappa shape index (κ1) is 13.4. The van der Waals surface area contributed by atoms with Crippen molar-refractivity contribution in [2.24, 2.45) is 0 Å². The molecule has 0 bridgehead atoms. The van der Waals surface area contributed by atoms with E-state index < -0.39 is 10.0 Å². The number of nitrogens with zero attached hydrogens (tertiary/aromatic N) is 1. The molecular weight excluding hydrogens is 296 g/mol. The molecule has 16 heavy (non-hydrogen) atoms. The molecule has 0 aliphatic heterocycles. The lowest BCUT2D eigenvalue weighted by Crippen LogP contribution is -2.17. The molecule has 5 nitrogen and oxygen atoms in total. The Morgan fingerprint density at radius 2 is 2.19 bits per heavy atom. The molecule has 1 aromatic rings. The minimum Gasteiger partial charge on any atom is -0.396 e. The van der Waals surface area contributed by atoms with Crippen LogP contribution in [-0.2, 0) is 10.0 Å². The quantitative estimate of drug-likeness (QED) is 0.778. The van der Waals surface area contributed by atoms with E-state index in [1.807, 2.05) is 0 Å². The molecule has 0 unspecified atom stereocenters. The van der Waals surface area contributed by atoms with Crippen molar-refractivity contribution in [2.75, 3.05) is 17.1 Å². The van der Waals surface area contributed by atoms with E-state index in [4.69, 9.17) is 5.11 Å². The number of anilines is 1. The standard InChI is InChI=1S/C9H13BrN2O3S/c10-8-7-11-4-3-9(8)12-16(14,15)6-2-1-5-13/h3-4,7,13H,1-2,5-6H2,(H,11,12). The van der Waals surface area contributed by atoms with Crippen molar-refractivity contribution in [2.45, 2.75) is 12.8 Å². The van der Waals surface area contributed by atoms with Gasteiger partial charge in [-0.25, -0.2) is 8.42 Å². The maximum absolute atomic E-state index is 11.6. The van der Waals surface area contributed by atoms with Gasteiger partial charge >= 0.3 is 0 Å². The van der Waals surface area contributed by atoms with Crippen molar-refractivity contribution in [3.05, 3.63) is 22.9 Å². The van der Waals surface area contributed by atoms with Gasteiger partial charge in [0.25, 0.3) is 0 Å². The second-order valence-corrected chi connectivity index (χ2v) is 5.90. The molecule has 0 amide bonds. The Hall–Kier alpha value is -0.660. The van der Waals surface area contributed by atoms with Gasteiger partial charge in [-0.2, -0.15) is 0 Å². The van der Waals surface area contributed by atoms with E-state index in [1.165, 1.54) is 12.4 Å². The van der Waals surface area contributed by atoms with Crippen LogP contribution in [0.15, 0.2) is 22.9 Å².